The summed E-state index contributed by atoms with van der Waals surface area (Å²) in [7, 11) is 2.11. The molecule has 2 aromatic rings. The van der Waals surface area contributed by atoms with Gasteiger partial charge in [0.25, 0.3) is 5.91 Å². The van der Waals surface area contributed by atoms with Crippen molar-refractivity contribution in [2.24, 2.45) is 0 Å². The molecule has 0 radical (unpaired) electrons. The van der Waals surface area contributed by atoms with Crippen LogP contribution in [0.5, 0.6) is 0 Å². The standard InChI is InChI=1S/C23H25F3N4O/c1-30-17-6-7-18(30)12-16(11-17)29-22(31)21(28)19-10-14(5-8-20(19)27)13-3-2-4-15(9-13)23(24,25)26/h2-5,8-10,16-18,28H,6-7,11-12,27H2,1H3,(H,29,31). The van der Waals surface area contributed by atoms with Gasteiger partial charge in [0.15, 0.2) is 0 Å². The van der Waals surface area contributed by atoms with Crippen molar-refractivity contribution in [3.05, 3.63) is 53.6 Å². The highest BCUT2D eigenvalue weighted by atomic mass is 19.4. The molecule has 0 spiro atoms. The second-order valence-corrected chi connectivity index (χ2v) is 8.45. The minimum Gasteiger partial charge on any atom is -0.398 e. The summed E-state index contributed by atoms with van der Waals surface area (Å²) in [6.45, 7) is 0. The lowest BCUT2D eigenvalue weighted by Gasteiger charge is -2.36. The van der Waals surface area contributed by atoms with Crippen molar-refractivity contribution in [1.82, 2.24) is 10.2 Å². The molecule has 2 aliphatic heterocycles. The number of hydrogen-bond donors (Lipinski definition) is 3. The van der Waals surface area contributed by atoms with E-state index >= 15 is 0 Å². The third-order valence-electron chi connectivity index (χ3n) is 6.51. The third kappa shape index (κ3) is 4.30. The molecule has 2 atom stereocenters. The highest BCUT2D eigenvalue weighted by Crippen LogP contribution is 2.35. The van der Waals surface area contributed by atoms with E-state index in [0.717, 1.165) is 37.8 Å². The Morgan fingerprint density at radius 3 is 2.39 bits per heavy atom. The number of amides is 1. The van der Waals surface area contributed by atoms with Crippen molar-refractivity contribution >= 4 is 17.3 Å². The molecule has 2 bridgehead atoms. The maximum Gasteiger partial charge on any atom is 0.416 e. The van der Waals surface area contributed by atoms with Crippen molar-refractivity contribution in [3.63, 3.8) is 0 Å². The van der Waals surface area contributed by atoms with E-state index in [2.05, 4.69) is 17.3 Å². The van der Waals surface area contributed by atoms with E-state index in [1.54, 1.807) is 12.1 Å². The zero-order valence-electron chi connectivity index (χ0n) is 17.2. The van der Waals surface area contributed by atoms with Gasteiger partial charge in [0.1, 0.15) is 5.71 Å². The van der Waals surface area contributed by atoms with Crippen LogP contribution in [0.3, 0.4) is 0 Å². The lowest BCUT2D eigenvalue weighted by Crippen LogP contribution is -2.50. The first-order valence-corrected chi connectivity index (χ1v) is 10.3. The van der Waals surface area contributed by atoms with Crippen molar-refractivity contribution < 1.29 is 18.0 Å². The lowest BCUT2D eigenvalue weighted by molar-refractivity contribution is -0.137. The number of anilines is 1. The van der Waals surface area contributed by atoms with Gasteiger partial charge in [-0.15, -0.1) is 0 Å². The Bertz CT molecular complexity index is 1010. The van der Waals surface area contributed by atoms with E-state index < -0.39 is 17.6 Å². The van der Waals surface area contributed by atoms with Gasteiger partial charge in [0.2, 0.25) is 0 Å². The van der Waals surface area contributed by atoms with Gasteiger partial charge in [-0.1, -0.05) is 18.2 Å². The smallest absolute Gasteiger partial charge is 0.398 e. The normalized spacial score (nSPS) is 23.5. The summed E-state index contributed by atoms with van der Waals surface area (Å²) in [5, 5.41) is 11.3. The van der Waals surface area contributed by atoms with E-state index in [9.17, 15) is 18.0 Å². The number of piperidine rings is 1. The van der Waals surface area contributed by atoms with Crippen LogP contribution < -0.4 is 11.1 Å². The number of carbonyl (C=O) groups excluding carboxylic acids is 1. The van der Waals surface area contributed by atoms with E-state index in [-0.39, 0.29) is 23.0 Å². The van der Waals surface area contributed by atoms with Crippen LogP contribution in [-0.2, 0) is 11.0 Å². The monoisotopic (exact) mass is 430 g/mol. The molecule has 0 saturated carbocycles. The molecule has 2 saturated heterocycles. The van der Waals surface area contributed by atoms with Crippen LogP contribution in [0.2, 0.25) is 0 Å². The fourth-order valence-corrected chi connectivity index (χ4v) is 4.74. The number of benzene rings is 2. The zero-order chi connectivity index (χ0) is 22.3. The quantitative estimate of drug-likeness (QED) is 0.505. The number of fused-ring (bicyclic) bond motifs is 2. The highest BCUT2D eigenvalue weighted by Gasteiger charge is 2.39. The Balaban J connectivity index is 1.53. The molecule has 2 heterocycles. The Labute approximate surface area is 178 Å². The lowest BCUT2D eigenvalue weighted by atomic mass is 9.96. The molecule has 8 heteroatoms. The maximum atomic E-state index is 13.1. The number of carbonyl (C=O) groups is 1. The van der Waals surface area contributed by atoms with Crippen LogP contribution in [0.15, 0.2) is 42.5 Å². The van der Waals surface area contributed by atoms with Crippen LogP contribution in [0.4, 0.5) is 18.9 Å². The fourth-order valence-electron chi connectivity index (χ4n) is 4.74. The average Bonchev–Trinajstić information content (AvgIpc) is 2.94. The van der Waals surface area contributed by atoms with Crippen LogP contribution in [-0.4, -0.2) is 41.7 Å². The van der Waals surface area contributed by atoms with Crippen LogP contribution in [0, 0.1) is 5.41 Å². The molecule has 2 aliphatic rings. The summed E-state index contributed by atoms with van der Waals surface area (Å²) in [4.78, 5) is 15.1. The number of nitrogen functional groups attached to an aromatic ring is 1. The van der Waals surface area contributed by atoms with Crippen LogP contribution >= 0.6 is 0 Å². The summed E-state index contributed by atoms with van der Waals surface area (Å²) in [5.41, 5.74) is 6.22. The van der Waals surface area contributed by atoms with Gasteiger partial charge in [0.05, 0.1) is 5.56 Å². The topological polar surface area (TPSA) is 82.2 Å². The Hall–Kier alpha value is -2.87. The second kappa shape index (κ2) is 8.00. The Morgan fingerprint density at radius 2 is 1.74 bits per heavy atom. The molecular weight excluding hydrogens is 405 g/mol. The van der Waals surface area contributed by atoms with Gasteiger partial charge in [0, 0.05) is 29.4 Å². The molecule has 1 amide bonds. The number of rotatable bonds is 4. The number of hydrogen-bond acceptors (Lipinski definition) is 4. The second-order valence-electron chi connectivity index (χ2n) is 8.45. The Kier molecular flexibility index (Phi) is 5.51. The van der Waals surface area contributed by atoms with Gasteiger partial charge < -0.3 is 16.0 Å². The molecule has 0 aliphatic carbocycles. The summed E-state index contributed by atoms with van der Waals surface area (Å²) >= 11 is 0. The minimum absolute atomic E-state index is 0.00873. The number of nitrogens with zero attached hydrogens (tertiary/aromatic N) is 1. The molecule has 31 heavy (non-hydrogen) atoms. The molecule has 4 rings (SSSR count). The molecular formula is C23H25F3N4O. The largest absolute Gasteiger partial charge is 0.416 e. The third-order valence-corrected chi connectivity index (χ3v) is 6.51. The number of nitrogens with one attached hydrogen (secondary N) is 2. The number of alkyl halides is 3. The first-order valence-electron chi connectivity index (χ1n) is 10.3. The highest BCUT2D eigenvalue weighted by molar-refractivity contribution is 6.45. The molecule has 2 aromatic carbocycles. The maximum absolute atomic E-state index is 13.1. The Morgan fingerprint density at radius 1 is 1.10 bits per heavy atom. The summed E-state index contributed by atoms with van der Waals surface area (Å²) in [6, 6.07) is 10.5. The first-order chi connectivity index (χ1) is 14.6. The molecule has 164 valence electrons. The van der Waals surface area contributed by atoms with Crippen molar-refractivity contribution in [3.8, 4) is 11.1 Å². The molecule has 2 unspecified atom stereocenters. The molecule has 2 fully saturated rings. The zero-order valence-corrected chi connectivity index (χ0v) is 17.2. The van der Waals surface area contributed by atoms with E-state index in [1.165, 1.54) is 18.2 Å². The summed E-state index contributed by atoms with van der Waals surface area (Å²) in [5.74, 6) is -0.512. The van der Waals surface area contributed by atoms with Gasteiger partial charge in [-0.25, -0.2) is 0 Å². The predicted octanol–water partition coefficient (Wildman–Crippen LogP) is 4.06. The van der Waals surface area contributed by atoms with Gasteiger partial charge in [-0.2, -0.15) is 13.2 Å². The molecule has 0 aromatic heterocycles. The SMILES string of the molecule is CN1C2CCC1CC(NC(=O)C(=N)c1cc(-c3cccc(C(F)(F)F)c3)ccc1N)C2. The number of nitrogens with two attached hydrogens (primary N) is 1. The van der Waals surface area contributed by atoms with Crippen LogP contribution in [0.1, 0.15) is 36.8 Å². The fraction of sp³-hybridized carbons (Fsp3) is 0.391. The van der Waals surface area contributed by atoms with Crippen molar-refractivity contribution in [1.29, 1.82) is 5.41 Å². The van der Waals surface area contributed by atoms with Crippen molar-refractivity contribution in [2.45, 2.75) is 50.0 Å². The van der Waals surface area contributed by atoms with Gasteiger partial charge in [-0.05, 0) is 68.1 Å². The van der Waals surface area contributed by atoms with Gasteiger partial charge >= 0.3 is 6.18 Å². The minimum atomic E-state index is -4.45. The number of halogens is 3. The van der Waals surface area contributed by atoms with Crippen LogP contribution in [0.25, 0.3) is 11.1 Å². The van der Waals surface area contributed by atoms with Crippen molar-refractivity contribution in [2.75, 3.05) is 12.8 Å². The first kappa shape index (κ1) is 21.4. The molecule has 5 nitrogen and oxygen atoms in total. The van der Waals surface area contributed by atoms with Gasteiger partial charge in [-0.3, -0.25) is 10.2 Å². The summed E-state index contributed by atoms with van der Waals surface area (Å²) in [6.07, 6.45) is -0.502. The van der Waals surface area contributed by atoms with E-state index in [0.29, 0.717) is 23.2 Å². The van der Waals surface area contributed by atoms with E-state index in [1.807, 2.05) is 0 Å². The predicted molar refractivity (Wildman–Crippen MR) is 114 cm³/mol. The average molecular weight is 430 g/mol. The summed E-state index contributed by atoms with van der Waals surface area (Å²) < 4.78 is 39.2. The molecule has 4 N–H and O–H groups in total. The van der Waals surface area contributed by atoms with E-state index in [4.69, 9.17) is 11.1 Å².